The van der Waals surface area contributed by atoms with Gasteiger partial charge in [-0.05, 0) is 57.4 Å². The number of aryl methyl sites for hydroxylation is 3. The zero-order chi connectivity index (χ0) is 16.4. The number of ketones is 1. The smallest absolute Gasteiger partial charge is 0.293 e. The second-order valence-corrected chi connectivity index (χ2v) is 5.79. The predicted molar refractivity (Wildman–Crippen MR) is 77.7 cm³/mol. The van der Waals surface area contributed by atoms with Crippen LogP contribution in [0.15, 0.2) is 12.1 Å². The van der Waals surface area contributed by atoms with Crippen molar-refractivity contribution in [2.45, 2.75) is 46.8 Å². The number of hydrogen-bond donors (Lipinski definition) is 0. The van der Waals surface area contributed by atoms with Crippen molar-refractivity contribution in [1.29, 1.82) is 0 Å². The maximum Gasteiger partial charge on any atom is 0.401 e. The fraction of sp³-hybridized carbons (Fsp3) is 0.562. The Bertz CT molecular complexity index is 521. The maximum absolute atomic E-state index is 12.6. The van der Waals surface area contributed by atoms with Crippen LogP contribution in [0.1, 0.15) is 40.9 Å². The van der Waals surface area contributed by atoms with E-state index in [-0.39, 0.29) is 18.4 Å². The lowest BCUT2D eigenvalue weighted by atomic mass is 9.97. The number of benzene rings is 1. The molecule has 0 aliphatic carbocycles. The monoisotopic (exact) mass is 301 g/mol. The standard InChI is InChI=1S/C16H22F3NO/c1-10(2)20(9-16(17,18)19)8-15(21)14-7-12(4)11(3)6-13(14)5/h6-7,10H,8-9H2,1-5H3. The lowest BCUT2D eigenvalue weighted by molar-refractivity contribution is -0.148. The molecule has 0 amide bonds. The summed E-state index contributed by atoms with van der Waals surface area (Å²) >= 11 is 0. The molecule has 0 saturated heterocycles. The molecule has 2 nitrogen and oxygen atoms in total. The van der Waals surface area contributed by atoms with Crippen LogP contribution in [0.4, 0.5) is 13.2 Å². The van der Waals surface area contributed by atoms with Gasteiger partial charge in [0.05, 0.1) is 13.1 Å². The number of alkyl halides is 3. The van der Waals surface area contributed by atoms with Gasteiger partial charge in [0.1, 0.15) is 0 Å². The molecular formula is C16H22F3NO. The topological polar surface area (TPSA) is 20.3 Å². The van der Waals surface area contributed by atoms with Crippen LogP contribution in [0.2, 0.25) is 0 Å². The Labute approximate surface area is 123 Å². The molecule has 0 aromatic heterocycles. The summed E-state index contributed by atoms with van der Waals surface area (Å²) in [5.41, 5.74) is 3.35. The van der Waals surface area contributed by atoms with Gasteiger partial charge in [-0.25, -0.2) is 0 Å². The Balaban J connectivity index is 2.95. The van der Waals surface area contributed by atoms with Gasteiger partial charge in [0.25, 0.3) is 0 Å². The number of Topliss-reactive ketones (excluding diaryl/α,β-unsaturated/α-hetero) is 1. The molecule has 21 heavy (non-hydrogen) atoms. The van der Waals surface area contributed by atoms with Crippen molar-refractivity contribution in [1.82, 2.24) is 4.90 Å². The van der Waals surface area contributed by atoms with Gasteiger partial charge >= 0.3 is 6.18 Å². The first kappa shape index (κ1) is 17.7. The minimum atomic E-state index is -4.30. The van der Waals surface area contributed by atoms with E-state index in [0.29, 0.717) is 5.56 Å². The van der Waals surface area contributed by atoms with Crippen molar-refractivity contribution in [3.05, 3.63) is 34.4 Å². The van der Waals surface area contributed by atoms with E-state index < -0.39 is 12.7 Å². The highest BCUT2D eigenvalue weighted by molar-refractivity contribution is 5.99. The normalized spacial score (nSPS) is 12.3. The number of halogens is 3. The van der Waals surface area contributed by atoms with Crippen molar-refractivity contribution < 1.29 is 18.0 Å². The lowest BCUT2D eigenvalue weighted by Crippen LogP contribution is -2.42. The van der Waals surface area contributed by atoms with Gasteiger partial charge in [-0.2, -0.15) is 13.2 Å². The maximum atomic E-state index is 12.6. The molecule has 0 N–H and O–H groups in total. The molecule has 0 aliphatic heterocycles. The van der Waals surface area contributed by atoms with E-state index in [1.54, 1.807) is 19.9 Å². The van der Waals surface area contributed by atoms with Gasteiger partial charge in [-0.3, -0.25) is 9.69 Å². The summed E-state index contributed by atoms with van der Waals surface area (Å²) < 4.78 is 37.7. The number of hydrogen-bond acceptors (Lipinski definition) is 2. The molecule has 0 aliphatic rings. The Kier molecular flexibility index (Phi) is 5.56. The second-order valence-electron chi connectivity index (χ2n) is 5.79. The van der Waals surface area contributed by atoms with E-state index in [4.69, 9.17) is 0 Å². The van der Waals surface area contributed by atoms with Gasteiger partial charge in [-0.1, -0.05) is 6.07 Å². The van der Waals surface area contributed by atoms with Crippen molar-refractivity contribution in [2.24, 2.45) is 0 Å². The molecule has 0 saturated carbocycles. The van der Waals surface area contributed by atoms with Crippen LogP contribution >= 0.6 is 0 Å². The highest BCUT2D eigenvalue weighted by Gasteiger charge is 2.32. The third-order valence-electron chi connectivity index (χ3n) is 3.60. The third kappa shape index (κ3) is 5.16. The minimum absolute atomic E-state index is 0.222. The quantitative estimate of drug-likeness (QED) is 0.764. The fourth-order valence-electron chi connectivity index (χ4n) is 2.18. The highest BCUT2D eigenvalue weighted by Crippen LogP contribution is 2.20. The van der Waals surface area contributed by atoms with Crippen molar-refractivity contribution in [2.75, 3.05) is 13.1 Å². The van der Waals surface area contributed by atoms with E-state index >= 15 is 0 Å². The van der Waals surface area contributed by atoms with Gasteiger partial charge in [0, 0.05) is 11.6 Å². The van der Waals surface area contributed by atoms with Crippen LogP contribution in [-0.4, -0.2) is 36.0 Å². The van der Waals surface area contributed by atoms with Crippen LogP contribution in [0.5, 0.6) is 0 Å². The van der Waals surface area contributed by atoms with Crippen LogP contribution in [0.3, 0.4) is 0 Å². The zero-order valence-corrected chi connectivity index (χ0v) is 13.1. The van der Waals surface area contributed by atoms with Gasteiger partial charge in [0.15, 0.2) is 5.78 Å². The Hall–Kier alpha value is -1.36. The molecule has 118 valence electrons. The van der Waals surface area contributed by atoms with E-state index in [2.05, 4.69) is 0 Å². The first-order chi connectivity index (χ1) is 9.51. The second kappa shape index (κ2) is 6.60. The summed E-state index contributed by atoms with van der Waals surface area (Å²) in [4.78, 5) is 13.5. The molecule has 1 aromatic carbocycles. The molecule has 1 rings (SSSR count). The van der Waals surface area contributed by atoms with E-state index in [0.717, 1.165) is 21.6 Å². The van der Waals surface area contributed by atoms with Crippen molar-refractivity contribution in [3.8, 4) is 0 Å². The summed E-state index contributed by atoms with van der Waals surface area (Å²) in [6, 6.07) is 3.31. The lowest BCUT2D eigenvalue weighted by Gasteiger charge is -2.27. The summed E-state index contributed by atoms with van der Waals surface area (Å²) in [6.45, 7) is 7.67. The minimum Gasteiger partial charge on any atom is -0.293 e. The molecule has 5 heteroatoms. The van der Waals surface area contributed by atoms with E-state index in [9.17, 15) is 18.0 Å². The Morgan fingerprint density at radius 2 is 1.62 bits per heavy atom. The molecule has 0 fully saturated rings. The van der Waals surface area contributed by atoms with E-state index in [1.807, 2.05) is 26.8 Å². The van der Waals surface area contributed by atoms with Crippen molar-refractivity contribution in [3.63, 3.8) is 0 Å². The van der Waals surface area contributed by atoms with Crippen LogP contribution in [0.25, 0.3) is 0 Å². The van der Waals surface area contributed by atoms with Gasteiger partial charge in [-0.15, -0.1) is 0 Å². The summed E-state index contributed by atoms with van der Waals surface area (Å²) in [7, 11) is 0. The third-order valence-corrected chi connectivity index (χ3v) is 3.60. The van der Waals surface area contributed by atoms with Crippen molar-refractivity contribution >= 4 is 5.78 Å². The predicted octanol–water partition coefficient (Wildman–Crippen LogP) is 4.07. The van der Waals surface area contributed by atoms with Crippen LogP contribution in [0, 0.1) is 20.8 Å². The molecule has 0 radical (unpaired) electrons. The van der Waals surface area contributed by atoms with Gasteiger partial charge < -0.3 is 0 Å². The molecule has 1 aromatic rings. The molecule has 0 unspecified atom stereocenters. The molecule has 0 bridgehead atoms. The first-order valence-corrected chi connectivity index (χ1v) is 6.93. The number of carbonyl (C=O) groups is 1. The first-order valence-electron chi connectivity index (χ1n) is 6.93. The Morgan fingerprint density at radius 1 is 1.10 bits per heavy atom. The summed E-state index contributed by atoms with van der Waals surface area (Å²) in [5, 5.41) is 0. The van der Waals surface area contributed by atoms with Crippen LogP contribution in [-0.2, 0) is 0 Å². The number of carbonyl (C=O) groups excluding carboxylic acids is 1. The van der Waals surface area contributed by atoms with Crippen LogP contribution < -0.4 is 0 Å². The average Bonchev–Trinajstić information content (AvgIpc) is 2.31. The zero-order valence-electron chi connectivity index (χ0n) is 13.1. The number of nitrogens with zero attached hydrogens (tertiary/aromatic N) is 1. The molecule has 0 heterocycles. The molecule has 0 atom stereocenters. The molecule has 0 spiro atoms. The Morgan fingerprint density at radius 3 is 2.10 bits per heavy atom. The van der Waals surface area contributed by atoms with Gasteiger partial charge in [0.2, 0.25) is 0 Å². The summed E-state index contributed by atoms with van der Waals surface area (Å²) in [5.74, 6) is -0.270. The average molecular weight is 301 g/mol. The SMILES string of the molecule is Cc1cc(C)c(C(=O)CN(CC(F)(F)F)C(C)C)cc1C. The number of rotatable bonds is 5. The largest absolute Gasteiger partial charge is 0.401 e. The highest BCUT2D eigenvalue weighted by atomic mass is 19.4. The van der Waals surface area contributed by atoms with E-state index in [1.165, 1.54) is 0 Å². The fourth-order valence-corrected chi connectivity index (χ4v) is 2.18. The molecular weight excluding hydrogens is 279 g/mol. The summed E-state index contributed by atoms with van der Waals surface area (Å²) in [6.07, 6.45) is -4.30.